The first-order chi connectivity index (χ1) is 8.54. The van der Waals surface area contributed by atoms with E-state index in [0.29, 0.717) is 0 Å². The normalized spacial score (nSPS) is 18.2. The van der Waals surface area contributed by atoms with Crippen LogP contribution in [0.25, 0.3) is 0 Å². The predicted octanol–water partition coefficient (Wildman–Crippen LogP) is 3.35. The van der Waals surface area contributed by atoms with Crippen molar-refractivity contribution < 1.29 is 0 Å². The first kappa shape index (κ1) is 13.6. The Morgan fingerprint density at radius 1 is 1.28 bits per heavy atom. The third-order valence-corrected chi connectivity index (χ3v) is 3.76. The van der Waals surface area contributed by atoms with Gasteiger partial charge in [0.25, 0.3) is 0 Å². The number of rotatable bonds is 4. The maximum absolute atomic E-state index is 4.49. The molecule has 1 saturated carbocycles. The second-order valence-corrected chi connectivity index (χ2v) is 6.60. The Balaban J connectivity index is 1.90. The van der Waals surface area contributed by atoms with E-state index in [1.54, 1.807) is 0 Å². The van der Waals surface area contributed by atoms with E-state index in [9.17, 15) is 0 Å². The van der Waals surface area contributed by atoms with Crippen LogP contribution in [0.3, 0.4) is 0 Å². The molecule has 102 valence electrons. The second-order valence-electron chi connectivity index (χ2n) is 6.60. The van der Waals surface area contributed by atoms with Crippen LogP contribution in [0.4, 0.5) is 0 Å². The molecule has 1 N–H and O–H groups in total. The van der Waals surface area contributed by atoms with Crippen LogP contribution in [-0.4, -0.2) is 15.1 Å². The summed E-state index contributed by atoms with van der Waals surface area (Å²) in [7, 11) is 0. The molecule has 1 aliphatic rings. The zero-order chi connectivity index (χ0) is 13.0. The van der Waals surface area contributed by atoms with Gasteiger partial charge >= 0.3 is 0 Å². The van der Waals surface area contributed by atoms with Gasteiger partial charge in [0.1, 0.15) is 5.82 Å². The van der Waals surface area contributed by atoms with Gasteiger partial charge in [0.05, 0.1) is 6.54 Å². The van der Waals surface area contributed by atoms with Crippen molar-refractivity contribution >= 4 is 0 Å². The van der Waals surface area contributed by atoms with Crippen molar-refractivity contribution in [3.63, 3.8) is 0 Å². The summed E-state index contributed by atoms with van der Waals surface area (Å²) in [5.74, 6) is 2.04. The number of hydrogen-bond donors (Lipinski definition) is 1. The fraction of sp³-hybridized carbons (Fsp3) is 0.800. The Hall–Kier alpha value is -0.830. The Labute approximate surface area is 111 Å². The minimum Gasteiger partial charge on any atom is -0.334 e. The fourth-order valence-electron chi connectivity index (χ4n) is 2.67. The molecule has 1 aromatic heterocycles. The molecule has 0 atom stereocenters. The molecule has 2 rings (SSSR count). The highest BCUT2D eigenvalue weighted by molar-refractivity contribution is 4.94. The molecule has 1 aromatic rings. The lowest BCUT2D eigenvalue weighted by Gasteiger charge is -2.24. The summed E-state index contributed by atoms with van der Waals surface area (Å²) in [6.07, 6.45) is 11.1. The third-order valence-electron chi connectivity index (χ3n) is 3.76. The number of nitrogens with zero attached hydrogens (tertiary/aromatic N) is 2. The van der Waals surface area contributed by atoms with E-state index in [4.69, 9.17) is 0 Å². The summed E-state index contributed by atoms with van der Waals surface area (Å²) in [6.45, 7) is 8.61. The van der Waals surface area contributed by atoms with Gasteiger partial charge in [-0.15, -0.1) is 0 Å². The molecule has 0 radical (unpaired) electrons. The van der Waals surface area contributed by atoms with Gasteiger partial charge in [-0.2, -0.15) is 0 Å². The molecule has 3 nitrogen and oxygen atoms in total. The first-order valence-electron chi connectivity index (χ1n) is 7.30. The zero-order valence-electron chi connectivity index (χ0n) is 12.1. The summed E-state index contributed by atoms with van der Waals surface area (Å²) in [4.78, 5) is 4.49. The zero-order valence-corrected chi connectivity index (χ0v) is 12.1. The van der Waals surface area contributed by atoms with Crippen LogP contribution in [0.5, 0.6) is 0 Å². The molecule has 0 unspecified atom stereocenters. The van der Waals surface area contributed by atoms with Gasteiger partial charge in [-0.3, -0.25) is 0 Å². The van der Waals surface area contributed by atoms with E-state index in [2.05, 4.69) is 41.8 Å². The number of hydrogen-bond acceptors (Lipinski definition) is 2. The molecule has 0 saturated heterocycles. The molecule has 1 fully saturated rings. The van der Waals surface area contributed by atoms with Crippen molar-refractivity contribution in [1.29, 1.82) is 0 Å². The summed E-state index contributed by atoms with van der Waals surface area (Å²) in [5.41, 5.74) is 0.154. The number of aromatic nitrogens is 2. The highest BCUT2D eigenvalue weighted by Crippen LogP contribution is 2.25. The SMILES string of the molecule is CC(C)(C)NCc1nccn1CC1CCCCC1. The van der Waals surface area contributed by atoms with Gasteiger partial charge in [0.15, 0.2) is 0 Å². The van der Waals surface area contributed by atoms with Gasteiger partial charge in [-0.25, -0.2) is 4.98 Å². The molecule has 1 aliphatic carbocycles. The Kier molecular flexibility index (Phi) is 4.44. The van der Waals surface area contributed by atoms with Gasteiger partial charge in [-0.1, -0.05) is 19.3 Å². The molecular formula is C15H27N3. The van der Waals surface area contributed by atoms with E-state index in [0.717, 1.165) is 19.0 Å². The standard InChI is InChI=1S/C15H27N3/c1-15(2,3)17-11-14-16-9-10-18(14)12-13-7-5-4-6-8-13/h9-10,13,17H,4-8,11-12H2,1-3H3. The van der Waals surface area contributed by atoms with Crippen LogP contribution in [0, 0.1) is 5.92 Å². The van der Waals surface area contributed by atoms with Crippen LogP contribution < -0.4 is 5.32 Å². The summed E-state index contributed by atoms with van der Waals surface area (Å²) < 4.78 is 2.34. The number of imidazole rings is 1. The first-order valence-corrected chi connectivity index (χ1v) is 7.30. The molecular weight excluding hydrogens is 222 g/mol. The van der Waals surface area contributed by atoms with Crippen molar-refractivity contribution in [2.24, 2.45) is 5.92 Å². The minimum atomic E-state index is 0.154. The van der Waals surface area contributed by atoms with Crippen molar-refractivity contribution in [3.8, 4) is 0 Å². The van der Waals surface area contributed by atoms with Gasteiger partial charge in [-0.05, 0) is 39.5 Å². The largest absolute Gasteiger partial charge is 0.334 e. The molecule has 1 heterocycles. The second kappa shape index (κ2) is 5.87. The van der Waals surface area contributed by atoms with Crippen LogP contribution >= 0.6 is 0 Å². The summed E-state index contributed by atoms with van der Waals surface area (Å²) in [6, 6.07) is 0. The molecule has 0 aromatic carbocycles. The lowest BCUT2D eigenvalue weighted by Crippen LogP contribution is -2.36. The van der Waals surface area contributed by atoms with Crippen LogP contribution in [0.1, 0.15) is 58.7 Å². The molecule has 0 aliphatic heterocycles. The lowest BCUT2D eigenvalue weighted by molar-refractivity contribution is 0.312. The Morgan fingerprint density at radius 2 is 2.00 bits per heavy atom. The smallest absolute Gasteiger partial charge is 0.122 e. The van der Waals surface area contributed by atoms with E-state index < -0.39 is 0 Å². The van der Waals surface area contributed by atoms with Gasteiger partial charge in [0, 0.05) is 24.5 Å². The highest BCUT2D eigenvalue weighted by atomic mass is 15.1. The van der Waals surface area contributed by atoms with E-state index in [-0.39, 0.29) is 5.54 Å². The van der Waals surface area contributed by atoms with Crippen LogP contribution in [0.15, 0.2) is 12.4 Å². The number of nitrogens with one attached hydrogen (secondary N) is 1. The third kappa shape index (κ3) is 4.13. The summed E-state index contributed by atoms with van der Waals surface area (Å²) >= 11 is 0. The molecule has 0 amide bonds. The topological polar surface area (TPSA) is 29.9 Å². The van der Waals surface area contributed by atoms with Gasteiger partial charge in [0.2, 0.25) is 0 Å². The van der Waals surface area contributed by atoms with Crippen LogP contribution in [0.2, 0.25) is 0 Å². The Bertz CT molecular complexity index is 356. The average Bonchev–Trinajstić information content (AvgIpc) is 2.74. The highest BCUT2D eigenvalue weighted by Gasteiger charge is 2.16. The predicted molar refractivity (Wildman–Crippen MR) is 75.4 cm³/mol. The van der Waals surface area contributed by atoms with E-state index in [1.165, 1.54) is 37.9 Å². The molecule has 3 heteroatoms. The van der Waals surface area contributed by atoms with Crippen molar-refractivity contribution in [2.75, 3.05) is 0 Å². The van der Waals surface area contributed by atoms with E-state index >= 15 is 0 Å². The molecule has 0 bridgehead atoms. The monoisotopic (exact) mass is 249 g/mol. The summed E-state index contributed by atoms with van der Waals surface area (Å²) in [5, 5.41) is 3.52. The fourth-order valence-corrected chi connectivity index (χ4v) is 2.67. The quantitative estimate of drug-likeness (QED) is 0.887. The average molecular weight is 249 g/mol. The van der Waals surface area contributed by atoms with Crippen LogP contribution in [-0.2, 0) is 13.1 Å². The maximum Gasteiger partial charge on any atom is 0.122 e. The molecule has 18 heavy (non-hydrogen) atoms. The molecule has 0 spiro atoms. The van der Waals surface area contributed by atoms with Crippen molar-refractivity contribution in [3.05, 3.63) is 18.2 Å². The maximum atomic E-state index is 4.49. The van der Waals surface area contributed by atoms with Crippen molar-refractivity contribution in [2.45, 2.75) is 71.5 Å². The lowest BCUT2D eigenvalue weighted by atomic mass is 9.89. The van der Waals surface area contributed by atoms with Crippen molar-refractivity contribution in [1.82, 2.24) is 14.9 Å². The Morgan fingerprint density at radius 3 is 2.67 bits per heavy atom. The van der Waals surface area contributed by atoms with E-state index in [1.807, 2.05) is 6.20 Å². The van der Waals surface area contributed by atoms with Gasteiger partial charge < -0.3 is 9.88 Å². The minimum absolute atomic E-state index is 0.154.